The summed E-state index contributed by atoms with van der Waals surface area (Å²) >= 11 is 0. The maximum atomic E-state index is 12.7. The Labute approximate surface area is 177 Å². The molecule has 2 aromatic carbocycles. The minimum absolute atomic E-state index is 0.0765. The number of fused-ring (bicyclic) bond motifs is 3. The molecule has 2 heterocycles. The van der Waals surface area contributed by atoms with Gasteiger partial charge in [0, 0.05) is 18.5 Å². The number of esters is 1. The number of hydrogen-bond acceptors (Lipinski definition) is 6. The zero-order valence-corrected chi connectivity index (χ0v) is 17.0. The van der Waals surface area contributed by atoms with Gasteiger partial charge in [0.25, 0.3) is 11.5 Å². The number of amides is 1. The minimum Gasteiger partial charge on any atom is -0.454 e. The number of aromatic nitrogens is 2. The third kappa shape index (κ3) is 4.32. The molecule has 0 unspecified atom stereocenters. The smallest absolute Gasteiger partial charge is 0.326 e. The number of benzene rings is 2. The Morgan fingerprint density at radius 1 is 1.10 bits per heavy atom. The molecule has 0 saturated carbocycles. The van der Waals surface area contributed by atoms with E-state index in [-0.39, 0.29) is 18.0 Å². The van der Waals surface area contributed by atoms with Crippen LogP contribution in [0, 0.1) is 0 Å². The molecule has 0 aliphatic carbocycles. The highest BCUT2D eigenvalue weighted by atomic mass is 16.5. The van der Waals surface area contributed by atoms with Crippen molar-refractivity contribution in [2.24, 2.45) is 0 Å². The number of carbonyl (C=O) groups is 2. The Morgan fingerprint density at radius 3 is 2.61 bits per heavy atom. The largest absolute Gasteiger partial charge is 0.454 e. The highest BCUT2D eigenvalue weighted by molar-refractivity contribution is 6.01. The first kappa shape index (κ1) is 20.3. The van der Waals surface area contributed by atoms with Gasteiger partial charge in [0.15, 0.2) is 6.61 Å². The summed E-state index contributed by atoms with van der Waals surface area (Å²) in [4.78, 5) is 43.2. The first-order valence-electron chi connectivity index (χ1n) is 9.91. The molecule has 0 atom stereocenters. The maximum Gasteiger partial charge on any atom is 0.326 e. The molecule has 4 aromatic rings. The number of ether oxygens (including phenoxy) is 1. The summed E-state index contributed by atoms with van der Waals surface area (Å²) in [6.45, 7) is 2.01. The molecule has 1 amide bonds. The summed E-state index contributed by atoms with van der Waals surface area (Å²) in [7, 11) is 0. The van der Waals surface area contributed by atoms with Crippen molar-refractivity contribution in [1.82, 2.24) is 14.5 Å². The maximum absolute atomic E-state index is 12.7. The Hall–Kier alpha value is -3.94. The van der Waals surface area contributed by atoms with E-state index in [2.05, 4.69) is 4.98 Å². The number of hydrogen-bond donors (Lipinski definition) is 0. The summed E-state index contributed by atoms with van der Waals surface area (Å²) in [5, 5.41) is 0.730. The fraction of sp³-hybridized carbons (Fsp3) is 0.217. The van der Waals surface area contributed by atoms with Crippen molar-refractivity contribution in [1.29, 1.82) is 0 Å². The molecule has 0 saturated heterocycles. The van der Waals surface area contributed by atoms with Crippen LogP contribution < -0.4 is 5.56 Å². The van der Waals surface area contributed by atoms with Gasteiger partial charge in [-0.1, -0.05) is 42.5 Å². The van der Waals surface area contributed by atoms with Crippen LogP contribution in [0.2, 0.25) is 0 Å². The van der Waals surface area contributed by atoms with Crippen molar-refractivity contribution in [3.63, 3.8) is 0 Å². The van der Waals surface area contributed by atoms with Gasteiger partial charge in [-0.15, -0.1) is 0 Å². The van der Waals surface area contributed by atoms with Crippen molar-refractivity contribution in [3.8, 4) is 0 Å². The Kier molecular flexibility index (Phi) is 5.79. The zero-order chi connectivity index (χ0) is 21.8. The molecule has 0 aliphatic rings. The highest BCUT2D eigenvalue weighted by Gasteiger charge is 2.17. The molecule has 0 bridgehead atoms. The van der Waals surface area contributed by atoms with Crippen LogP contribution in [-0.4, -0.2) is 39.5 Å². The molecule has 0 N–H and O–H groups in total. The van der Waals surface area contributed by atoms with E-state index in [4.69, 9.17) is 9.15 Å². The van der Waals surface area contributed by atoms with Crippen molar-refractivity contribution >= 4 is 33.9 Å². The molecule has 8 nitrogen and oxygen atoms in total. The molecule has 2 aromatic heterocycles. The Bertz CT molecular complexity index is 1290. The van der Waals surface area contributed by atoms with Crippen LogP contribution in [0.4, 0.5) is 0 Å². The second-order valence-corrected chi connectivity index (χ2v) is 7.01. The average Bonchev–Trinajstić information content (AvgIpc) is 3.18. The van der Waals surface area contributed by atoms with E-state index >= 15 is 0 Å². The lowest BCUT2D eigenvalue weighted by molar-refractivity contribution is -0.152. The van der Waals surface area contributed by atoms with E-state index in [1.54, 1.807) is 17.0 Å². The van der Waals surface area contributed by atoms with Gasteiger partial charge in [-0.25, -0.2) is 4.98 Å². The molecule has 8 heteroatoms. The van der Waals surface area contributed by atoms with E-state index in [0.29, 0.717) is 24.2 Å². The van der Waals surface area contributed by atoms with Crippen LogP contribution in [0.1, 0.15) is 12.5 Å². The topological polar surface area (TPSA) is 94.6 Å². The molecule has 31 heavy (non-hydrogen) atoms. The van der Waals surface area contributed by atoms with E-state index in [1.807, 2.05) is 49.4 Å². The zero-order valence-electron chi connectivity index (χ0n) is 17.0. The predicted octanol–water partition coefficient (Wildman–Crippen LogP) is 2.73. The summed E-state index contributed by atoms with van der Waals surface area (Å²) in [6.07, 6.45) is 1.28. The van der Waals surface area contributed by atoms with E-state index in [1.165, 1.54) is 6.33 Å². The number of carbonyl (C=O) groups excluding carboxylic acids is 2. The fourth-order valence-electron chi connectivity index (χ4n) is 3.33. The highest BCUT2D eigenvalue weighted by Crippen LogP contribution is 2.23. The van der Waals surface area contributed by atoms with Crippen LogP contribution in [0.15, 0.2) is 70.1 Å². The lowest BCUT2D eigenvalue weighted by Crippen LogP contribution is -2.35. The van der Waals surface area contributed by atoms with Gasteiger partial charge in [0.2, 0.25) is 5.58 Å². The van der Waals surface area contributed by atoms with E-state index in [9.17, 15) is 14.4 Å². The second kappa shape index (κ2) is 8.83. The molecular weight excluding hydrogens is 398 g/mol. The number of rotatable bonds is 7. The van der Waals surface area contributed by atoms with Crippen molar-refractivity contribution in [2.75, 3.05) is 13.2 Å². The second-order valence-electron chi connectivity index (χ2n) is 7.01. The van der Waals surface area contributed by atoms with Crippen LogP contribution in [0.5, 0.6) is 0 Å². The predicted molar refractivity (Wildman–Crippen MR) is 114 cm³/mol. The van der Waals surface area contributed by atoms with Gasteiger partial charge < -0.3 is 14.1 Å². The first-order chi connectivity index (χ1) is 15.1. The molecule has 4 rings (SSSR count). The quantitative estimate of drug-likeness (QED) is 0.428. The number of para-hydroxylation sites is 1. The lowest BCUT2D eigenvalue weighted by atomic mass is 10.2. The molecule has 158 valence electrons. The SMILES string of the molecule is CCN(Cc1ccccc1)C(=O)COC(=O)Cn1cnc2c(oc3ccccc32)c1=O. The van der Waals surface area contributed by atoms with Crippen LogP contribution in [0.25, 0.3) is 22.1 Å². The first-order valence-corrected chi connectivity index (χ1v) is 9.91. The van der Waals surface area contributed by atoms with Crippen LogP contribution >= 0.6 is 0 Å². The summed E-state index contributed by atoms with van der Waals surface area (Å²) in [5.41, 5.74) is 1.57. The number of likely N-dealkylation sites (N-methyl/N-ethyl adjacent to an activating group) is 1. The van der Waals surface area contributed by atoms with Crippen LogP contribution in [0.3, 0.4) is 0 Å². The van der Waals surface area contributed by atoms with Crippen LogP contribution in [-0.2, 0) is 27.4 Å². The van der Waals surface area contributed by atoms with Crippen molar-refractivity contribution < 1.29 is 18.7 Å². The van der Waals surface area contributed by atoms with Gasteiger partial charge in [-0.2, -0.15) is 0 Å². The molecular formula is C23H21N3O5. The van der Waals surface area contributed by atoms with Crippen molar-refractivity contribution in [3.05, 3.63) is 76.8 Å². The Balaban J connectivity index is 1.41. The third-order valence-electron chi connectivity index (χ3n) is 4.96. The summed E-state index contributed by atoms with van der Waals surface area (Å²) < 4.78 is 11.8. The van der Waals surface area contributed by atoms with Gasteiger partial charge in [-0.05, 0) is 24.6 Å². The van der Waals surface area contributed by atoms with Gasteiger partial charge in [0.05, 0.1) is 6.33 Å². The van der Waals surface area contributed by atoms with Gasteiger partial charge >= 0.3 is 5.97 Å². The normalized spacial score (nSPS) is 11.0. The lowest BCUT2D eigenvalue weighted by Gasteiger charge is -2.20. The summed E-state index contributed by atoms with van der Waals surface area (Å²) in [5.74, 6) is -1.01. The third-order valence-corrected chi connectivity index (χ3v) is 4.96. The Morgan fingerprint density at radius 2 is 1.84 bits per heavy atom. The van der Waals surface area contributed by atoms with E-state index in [0.717, 1.165) is 15.5 Å². The number of nitrogens with zero attached hydrogens (tertiary/aromatic N) is 3. The monoisotopic (exact) mass is 419 g/mol. The minimum atomic E-state index is -0.705. The number of furan rings is 1. The standard InChI is InChI=1S/C23H21N3O5/c1-2-25(12-16-8-4-3-5-9-16)19(27)14-30-20(28)13-26-15-24-21-17-10-6-7-11-18(17)31-22(21)23(26)29/h3-11,15H,2,12-14H2,1H3. The summed E-state index contributed by atoms with van der Waals surface area (Å²) in [6, 6.07) is 16.7. The van der Waals surface area contributed by atoms with Gasteiger partial charge in [-0.3, -0.25) is 19.0 Å². The fourth-order valence-corrected chi connectivity index (χ4v) is 3.33. The molecule has 0 aliphatic heterocycles. The molecule has 0 fully saturated rings. The molecule has 0 spiro atoms. The van der Waals surface area contributed by atoms with E-state index < -0.39 is 18.1 Å². The average molecular weight is 419 g/mol. The van der Waals surface area contributed by atoms with Crippen molar-refractivity contribution in [2.45, 2.75) is 20.0 Å². The van der Waals surface area contributed by atoms with Gasteiger partial charge in [0.1, 0.15) is 17.6 Å². The molecule has 0 radical (unpaired) electrons.